The molecule has 7 nitrogen and oxygen atoms in total. The van der Waals surface area contributed by atoms with Gasteiger partial charge in [0.2, 0.25) is 0 Å². The van der Waals surface area contributed by atoms with Crippen molar-refractivity contribution in [2.45, 2.75) is 19.9 Å². The summed E-state index contributed by atoms with van der Waals surface area (Å²) in [6.07, 6.45) is 4.64. The second-order valence-electron chi connectivity index (χ2n) is 5.94. The molecule has 0 atom stereocenters. The highest BCUT2D eigenvalue weighted by Gasteiger charge is 2.09. The molecule has 0 radical (unpaired) electrons. The highest BCUT2D eigenvalue weighted by molar-refractivity contribution is 5.92. The van der Waals surface area contributed by atoms with Crippen LogP contribution in [0.2, 0.25) is 0 Å². The van der Waals surface area contributed by atoms with Crippen LogP contribution in [0.15, 0.2) is 41.5 Å². The second kappa shape index (κ2) is 7.31. The lowest BCUT2D eigenvalue weighted by atomic mass is 10.2. The first kappa shape index (κ1) is 16.9. The molecule has 0 bridgehead atoms. The van der Waals surface area contributed by atoms with Gasteiger partial charge in [-0.3, -0.25) is 4.79 Å². The van der Waals surface area contributed by atoms with Gasteiger partial charge in [0, 0.05) is 26.0 Å². The summed E-state index contributed by atoms with van der Waals surface area (Å²) in [5.74, 6) is 1.44. The van der Waals surface area contributed by atoms with Crippen LogP contribution in [-0.4, -0.2) is 21.1 Å². The van der Waals surface area contributed by atoms with Crippen molar-refractivity contribution < 1.29 is 0 Å². The number of anilines is 3. The van der Waals surface area contributed by atoms with Crippen molar-refractivity contribution in [2.75, 3.05) is 17.6 Å². The zero-order chi connectivity index (χ0) is 17.8. The maximum Gasteiger partial charge on any atom is 0.261 e. The monoisotopic (exact) mass is 338 g/mol. The van der Waals surface area contributed by atoms with E-state index in [0.717, 1.165) is 30.5 Å². The Balaban J connectivity index is 1.81. The van der Waals surface area contributed by atoms with Crippen LogP contribution in [0.25, 0.3) is 10.8 Å². The molecular formula is C18H22N6O. The highest BCUT2D eigenvalue weighted by Crippen LogP contribution is 2.21. The van der Waals surface area contributed by atoms with Crippen LogP contribution in [0.4, 0.5) is 17.5 Å². The molecule has 130 valence electrons. The Morgan fingerprint density at radius 3 is 2.80 bits per heavy atom. The standard InChI is InChI=1S/C18H22N6O/c1-3-7-20-10-12-4-5-14(21-11-12)22-15-9-13-6-8-24(2)18(25)16(13)17(19)23-15/h4-6,8-9,11,20H,3,7,10H2,1-2H3,(H3,19,21,22,23). The summed E-state index contributed by atoms with van der Waals surface area (Å²) in [7, 11) is 1.69. The maximum absolute atomic E-state index is 12.2. The summed E-state index contributed by atoms with van der Waals surface area (Å²) in [4.78, 5) is 20.8. The van der Waals surface area contributed by atoms with E-state index in [1.807, 2.05) is 24.4 Å². The van der Waals surface area contributed by atoms with Crippen molar-refractivity contribution in [1.82, 2.24) is 19.9 Å². The number of pyridine rings is 3. The molecular weight excluding hydrogens is 316 g/mol. The Hall–Kier alpha value is -2.93. The Morgan fingerprint density at radius 2 is 2.08 bits per heavy atom. The fourth-order valence-corrected chi connectivity index (χ4v) is 2.59. The van der Waals surface area contributed by atoms with E-state index in [4.69, 9.17) is 5.73 Å². The van der Waals surface area contributed by atoms with Gasteiger partial charge in [0.1, 0.15) is 17.5 Å². The summed E-state index contributed by atoms with van der Waals surface area (Å²) in [5.41, 5.74) is 6.94. The highest BCUT2D eigenvalue weighted by atomic mass is 16.1. The summed E-state index contributed by atoms with van der Waals surface area (Å²) in [5, 5.41) is 7.65. The Kier molecular flexibility index (Phi) is 4.95. The Labute approximate surface area is 145 Å². The zero-order valence-electron chi connectivity index (χ0n) is 14.4. The SMILES string of the molecule is CCCNCc1ccc(Nc2cc3ccn(C)c(=O)c3c(N)n2)nc1. The van der Waals surface area contributed by atoms with Gasteiger partial charge in [-0.2, -0.15) is 0 Å². The predicted molar refractivity (Wildman–Crippen MR) is 101 cm³/mol. The normalized spacial score (nSPS) is 11.0. The van der Waals surface area contributed by atoms with E-state index < -0.39 is 0 Å². The first-order valence-corrected chi connectivity index (χ1v) is 8.27. The van der Waals surface area contributed by atoms with E-state index in [-0.39, 0.29) is 11.4 Å². The molecule has 0 amide bonds. The first-order valence-electron chi connectivity index (χ1n) is 8.27. The summed E-state index contributed by atoms with van der Waals surface area (Å²) in [6.45, 7) is 3.92. The Bertz CT molecular complexity index is 933. The predicted octanol–water partition coefficient (Wildman–Crippen LogP) is 2.15. The van der Waals surface area contributed by atoms with Crippen molar-refractivity contribution >= 4 is 28.2 Å². The fraction of sp³-hybridized carbons (Fsp3) is 0.278. The number of hydrogen-bond acceptors (Lipinski definition) is 6. The second-order valence-corrected chi connectivity index (χ2v) is 5.94. The fourth-order valence-electron chi connectivity index (χ4n) is 2.59. The summed E-state index contributed by atoms with van der Waals surface area (Å²) < 4.78 is 1.49. The van der Waals surface area contributed by atoms with E-state index in [9.17, 15) is 4.79 Å². The molecule has 3 aromatic heterocycles. The number of nitrogens with zero attached hydrogens (tertiary/aromatic N) is 3. The number of hydrogen-bond donors (Lipinski definition) is 3. The number of fused-ring (bicyclic) bond motifs is 1. The maximum atomic E-state index is 12.2. The Morgan fingerprint density at radius 1 is 1.24 bits per heavy atom. The van der Waals surface area contributed by atoms with Gasteiger partial charge in [0.05, 0.1) is 5.39 Å². The average molecular weight is 338 g/mol. The minimum atomic E-state index is -0.156. The molecule has 3 heterocycles. The van der Waals surface area contributed by atoms with Crippen LogP contribution in [0.3, 0.4) is 0 Å². The van der Waals surface area contributed by atoms with Gasteiger partial charge >= 0.3 is 0 Å². The van der Waals surface area contributed by atoms with E-state index in [0.29, 0.717) is 17.0 Å². The molecule has 3 aromatic rings. The van der Waals surface area contributed by atoms with Crippen LogP contribution in [0, 0.1) is 0 Å². The van der Waals surface area contributed by atoms with Crippen LogP contribution in [-0.2, 0) is 13.6 Å². The summed E-state index contributed by atoms with van der Waals surface area (Å²) in [6, 6.07) is 7.55. The number of rotatable bonds is 6. The molecule has 0 aromatic carbocycles. The van der Waals surface area contributed by atoms with Crippen LogP contribution < -0.4 is 21.9 Å². The smallest absolute Gasteiger partial charge is 0.261 e. The lowest BCUT2D eigenvalue weighted by Gasteiger charge is -2.09. The molecule has 4 N–H and O–H groups in total. The molecule has 0 spiro atoms. The number of aryl methyl sites for hydroxylation is 1. The lowest BCUT2D eigenvalue weighted by Crippen LogP contribution is -2.17. The topological polar surface area (TPSA) is 97.9 Å². The minimum absolute atomic E-state index is 0.156. The third-order valence-corrected chi connectivity index (χ3v) is 3.93. The molecule has 0 saturated carbocycles. The third-order valence-electron chi connectivity index (χ3n) is 3.93. The molecule has 0 saturated heterocycles. The molecule has 3 rings (SSSR count). The first-order chi connectivity index (χ1) is 12.1. The van der Waals surface area contributed by atoms with Crippen LogP contribution >= 0.6 is 0 Å². The van der Waals surface area contributed by atoms with Crippen molar-refractivity contribution in [3.05, 3.63) is 52.6 Å². The molecule has 0 fully saturated rings. The van der Waals surface area contributed by atoms with E-state index in [1.54, 1.807) is 19.3 Å². The van der Waals surface area contributed by atoms with Crippen molar-refractivity contribution in [2.24, 2.45) is 7.05 Å². The van der Waals surface area contributed by atoms with Gasteiger partial charge in [-0.05, 0) is 42.1 Å². The van der Waals surface area contributed by atoms with Gasteiger partial charge in [0.15, 0.2) is 0 Å². The molecule has 7 heteroatoms. The zero-order valence-corrected chi connectivity index (χ0v) is 14.4. The van der Waals surface area contributed by atoms with E-state index in [2.05, 4.69) is 27.5 Å². The van der Waals surface area contributed by atoms with E-state index >= 15 is 0 Å². The third kappa shape index (κ3) is 3.77. The molecule has 0 aliphatic rings. The largest absolute Gasteiger partial charge is 0.383 e. The van der Waals surface area contributed by atoms with Gasteiger partial charge in [-0.1, -0.05) is 13.0 Å². The van der Waals surface area contributed by atoms with Gasteiger partial charge < -0.3 is 20.9 Å². The van der Waals surface area contributed by atoms with Crippen molar-refractivity contribution in [1.29, 1.82) is 0 Å². The van der Waals surface area contributed by atoms with Gasteiger partial charge in [0.25, 0.3) is 5.56 Å². The molecule has 0 aliphatic carbocycles. The quantitative estimate of drug-likeness (QED) is 0.596. The van der Waals surface area contributed by atoms with Gasteiger partial charge in [-0.15, -0.1) is 0 Å². The number of nitrogens with two attached hydrogens (primary N) is 1. The van der Waals surface area contributed by atoms with Crippen molar-refractivity contribution in [3.63, 3.8) is 0 Å². The lowest BCUT2D eigenvalue weighted by molar-refractivity contribution is 0.674. The minimum Gasteiger partial charge on any atom is -0.383 e. The summed E-state index contributed by atoms with van der Waals surface area (Å²) >= 11 is 0. The van der Waals surface area contributed by atoms with Gasteiger partial charge in [-0.25, -0.2) is 9.97 Å². The number of nitrogen functional groups attached to an aromatic ring is 1. The number of nitrogens with one attached hydrogen (secondary N) is 2. The average Bonchev–Trinajstić information content (AvgIpc) is 2.60. The van der Waals surface area contributed by atoms with Crippen LogP contribution in [0.1, 0.15) is 18.9 Å². The van der Waals surface area contributed by atoms with Crippen LogP contribution in [0.5, 0.6) is 0 Å². The molecule has 0 aliphatic heterocycles. The molecule has 0 unspecified atom stereocenters. The molecule has 25 heavy (non-hydrogen) atoms. The van der Waals surface area contributed by atoms with E-state index in [1.165, 1.54) is 4.57 Å². The number of aromatic nitrogens is 3. The van der Waals surface area contributed by atoms with Crippen molar-refractivity contribution in [3.8, 4) is 0 Å².